The maximum absolute atomic E-state index is 5.44. The summed E-state index contributed by atoms with van der Waals surface area (Å²) >= 11 is 0. The zero-order valence-electron chi connectivity index (χ0n) is 18.3. The third kappa shape index (κ3) is 7.55. The Kier molecular flexibility index (Phi) is 9.87. The normalized spacial score (nSPS) is 14.6. The van der Waals surface area contributed by atoms with E-state index in [2.05, 4.69) is 56.9 Å². The van der Waals surface area contributed by atoms with Crippen LogP contribution in [0.3, 0.4) is 0 Å². The van der Waals surface area contributed by atoms with Crippen LogP contribution in [-0.4, -0.2) is 43.2 Å². The van der Waals surface area contributed by atoms with Gasteiger partial charge in [-0.25, -0.2) is 4.98 Å². The first-order valence-corrected chi connectivity index (χ1v) is 11.1. The Bertz CT molecular complexity index is 910. The fourth-order valence-electron chi connectivity index (χ4n) is 3.84. The van der Waals surface area contributed by atoms with Gasteiger partial charge < -0.3 is 20.0 Å². The van der Waals surface area contributed by atoms with Crippen molar-refractivity contribution in [2.45, 2.75) is 31.7 Å². The summed E-state index contributed by atoms with van der Waals surface area (Å²) in [4.78, 5) is 11.6. The van der Waals surface area contributed by atoms with Crippen molar-refractivity contribution >= 4 is 35.8 Å². The summed E-state index contributed by atoms with van der Waals surface area (Å²) in [6.07, 6.45) is 7.47. The van der Waals surface area contributed by atoms with Gasteiger partial charge in [-0.05, 0) is 49.1 Å². The van der Waals surface area contributed by atoms with Gasteiger partial charge >= 0.3 is 0 Å². The largest absolute Gasteiger partial charge is 0.469 e. The zero-order chi connectivity index (χ0) is 21.1. The molecule has 1 aromatic carbocycles. The molecule has 2 N–H and O–H groups in total. The number of aromatic nitrogens is 1. The van der Waals surface area contributed by atoms with Gasteiger partial charge in [0.05, 0.1) is 6.26 Å². The highest BCUT2D eigenvalue weighted by molar-refractivity contribution is 14.0. The number of rotatable bonds is 8. The Labute approximate surface area is 207 Å². The highest BCUT2D eigenvalue weighted by atomic mass is 127. The number of hydrogen-bond acceptors (Lipinski definition) is 4. The van der Waals surface area contributed by atoms with Crippen molar-refractivity contribution in [1.29, 1.82) is 0 Å². The maximum atomic E-state index is 5.44. The molecule has 2 aromatic heterocycles. The molecule has 1 aliphatic rings. The Morgan fingerprint density at radius 2 is 1.81 bits per heavy atom. The molecule has 4 rings (SSSR count). The molecule has 0 saturated carbocycles. The first-order valence-electron chi connectivity index (χ1n) is 11.1. The van der Waals surface area contributed by atoms with Gasteiger partial charge in [0.2, 0.25) is 0 Å². The van der Waals surface area contributed by atoms with Crippen LogP contribution in [0.2, 0.25) is 0 Å². The van der Waals surface area contributed by atoms with Crippen molar-refractivity contribution in [2.75, 3.05) is 31.1 Å². The van der Waals surface area contributed by atoms with Crippen molar-refractivity contribution in [3.05, 3.63) is 84.4 Å². The molecular formula is C25H32IN5O. The molecule has 3 heterocycles. The molecule has 0 spiro atoms. The molecule has 3 aromatic rings. The standard InChI is InChI=1S/C25H31N5O.HI/c1-2-7-21(8-3-1)11-16-27-25(28-17-12-23-9-6-20-31-23)29-22-13-18-30(19-14-22)24-10-4-5-15-26-24;/h1-10,15,20,22H,11-14,16-19H2,(H2,27,28,29);1H. The predicted octanol–water partition coefficient (Wildman–Crippen LogP) is 4.28. The first-order chi connectivity index (χ1) is 15.4. The molecule has 0 bridgehead atoms. The van der Waals surface area contributed by atoms with Crippen molar-refractivity contribution in [2.24, 2.45) is 4.99 Å². The van der Waals surface area contributed by atoms with Crippen LogP contribution in [0.1, 0.15) is 24.2 Å². The maximum Gasteiger partial charge on any atom is 0.191 e. The molecule has 0 radical (unpaired) electrons. The van der Waals surface area contributed by atoms with Crippen molar-refractivity contribution in [3.63, 3.8) is 0 Å². The van der Waals surface area contributed by atoms with Gasteiger partial charge in [-0.2, -0.15) is 0 Å². The molecule has 1 aliphatic heterocycles. The topological polar surface area (TPSA) is 65.7 Å². The summed E-state index contributed by atoms with van der Waals surface area (Å²) in [6.45, 7) is 3.54. The van der Waals surface area contributed by atoms with E-state index in [4.69, 9.17) is 9.41 Å². The zero-order valence-corrected chi connectivity index (χ0v) is 20.7. The van der Waals surface area contributed by atoms with Crippen LogP contribution < -0.4 is 15.5 Å². The first kappa shape index (κ1) is 24.1. The van der Waals surface area contributed by atoms with Gasteiger partial charge in [0.15, 0.2) is 5.96 Å². The monoisotopic (exact) mass is 545 g/mol. The Morgan fingerprint density at radius 3 is 2.53 bits per heavy atom. The number of guanidine groups is 1. The summed E-state index contributed by atoms with van der Waals surface area (Å²) in [7, 11) is 0. The van der Waals surface area contributed by atoms with Crippen molar-refractivity contribution in [3.8, 4) is 0 Å². The number of hydrogen-bond donors (Lipinski definition) is 2. The lowest BCUT2D eigenvalue weighted by Gasteiger charge is -2.33. The SMILES string of the molecule is I.c1ccc(CCNC(=NCCc2ccco2)NC2CCN(c3ccccn3)CC2)cc1. The smallest absolute Gasteiger partial charge is 0.191 e. The summed E-state index contributed by atoms with van der Waals surface area (Å²) in [5, 5.41) is 7.18. The molecule has 6 nitrogen and oxygen atoms in total. The van der Waals surface area contributed by atoms with Crippen LogP contribution in [0.4, 0.5) is 5.82 Å². The highest BCUT2D eigenvalue weighted by Gasteiger charge is 2.20. The van der Waals surface area contributed by atoms with Crippen LogP contribution >= 0.6 is 24.0 Å². The third-order valence-electron chi connectivity index (χ3n) is 5.57. The molecular weight excluding hydrogens is 513 g/mol. The average molecular weight is 545 g/mol. The van der Waals surface area contributed by atoms with E-state index in [-0.39, 0.29) is 24.0 Å². The minimum Gasteiger partial charge on any atom is -0.469 e. The molecule has 7 heteroatoms. The van der Waals surface area contributed by atoms with Crippen LogP contribution in [0.25, 0.3) is 0 Å². The van der Waals surface area contributed by atoms with Crippen molar-refractivity contribution < 1.29 is 4.42 Å². The van der Waals surface area contributed by atoms with Gasteiger partial charge in [-0.3, -0.25) is 4.99 Å². The second-order valence-corrected chi connectivity index (χ2v) is 7.82. The van der Waals surface area contributed by atoms with E-state index < -0.39 is 0 Å². The summed E-state index contributed by atoms with van der Waals surface area (Å²) in [5.74, 6) is 2.92. The van der Waals surface area contributed by atoms with Gasteiger partial charge in [0.1, 0.15) is 11.6 Å². The number of anilines is 1. The van der Waals surface area contributed by atoms with Crippen molar-refractivity contribution in [1.82, 2.24) is 15.6 Å². The Hall–Kier alpha value is -2.55. The fourth-order valence-corrected chi connectivity index (χ4v) is 3.84. The van der Waals surface area contributed by atoms with Crippen LogP contribution in [0.5, 0.6) is 0 Å². The molecule has 0 atom stereocenters. The van der Waals surface area contributed by atoms with E-state index >= 15 is 0 Å². The second-order valence-electron chi connectivity index (χ2n) is 7.82. The molecule has 1 saturated heterocycles. The summed E-state index contributed by atoms with van der Waals surface area (Å²) in [6, 6.07) is 21.0. The van der Waals surface area contributed by atoms with Gasteiger partial charge in [-0.1, -0.05) is 36.4 Å². The number of pyridine rings is 1. The molecule has 0 unspecified atom stereocenters. The third-order valence-corrected chi connectivity index (χ3v) is 5.57. The average Bonchev–Trinajstić information content (AvgIpc) is 3.34. The quantitative estimate of drug-likeness (QED) is 0.251. The number of nitrogens with one attached hydrogen (secondary N) is 2. The van der Waals surface area contributed by atoms with Crippen LogP contribution in [-0.2, 0) is 12.8 Å². The molecule has 0 amide bonds. The van der Waals surface area contributed by atoms with Crippen LogP contribution in [0.15, 0.2) is 82.5 Å². The number of furan rings is 1. The van der Waals surface area contributed by atoms with Gasteiger partial charge in [0, 0.05) is 44.8 Å². The fraction of sp³-hybridized carbons (Fsp3) is 0.360. The number of nitrogens with zero attached hydrogens (tertiary/aromatic N) is 3. The Morgan fingerprint density at radius 1 is 1.00 bits per heavy atom. The molecule has 170 valence electrons. The summed E-state index contributed by atoms with van der Waals surface area (Å²) in [5.41, 5.74) is 1.33. The minimum absolute atomic E-state index is 0. The van der Waals surface area contributed by atoms with Gasteiger partial charge in [0.25, 0.3) is 0 Å². The lowest BCUT2D eigenvalue weighted by atomic mass is 10.1. The number of benzene rings is 1. The summed E-state index contributed by atoms with van der Waals surface area (Å²) < 4.78 is 5.44. The molecule has 1 fully saturated rings. The molecule has 32 heavy (non-hydrogen) atoms. The van der Waals surface area contributed by atoms with E-state index in [1.807, 2.05) is 30.5 Å². The van der Waals surface area contributed by atoms with Crippen LogP contribution in [0, 0.1) is 0 Å². The lowest BCUT2D eigenvalue weighted by Crippen LogP contribution is -2.49. The van der Waals surface area contributed by atoms with E-state index in [9.17, 15) is 0 Å². The van der Waals surface area contributed by atoms with Gasteiger partial charge in [-0.15, -0.1) is 24.0 Å². The Balaban J connectivity index is 0.00000289. The highest BCUT2D eigenvalue weighted by Crippen LogP contribution is 2.17. The van der Waals surface area contributed by atoms with E-state index in [1.54, 1.807) is 6.26 Å². The minimum atomic E-state index is 0. The van der Waals surface area contributed by atoms with E-state index in [0.29, 0.717) is 12.6 Å². The number of aliphatic imine (C=N–C) groups is 1. The predicted molar refractivity (Wildman–Crippen MR) is 141 cm³/mol. The lowest BCUT2D eigenvalue weighted by molar-refractivity contribution is 0.459. The number of piperidine rings is 1. The molecule has 0 aliphatic carbocycles. The van der Waals surface area contributed by atoms with E-state index in [0.717, 1.165) is 62.9 Å². The second kappa shape index (κ2) is 13.1. The van der Waals surface area contributed by atoms with E-state index in [1.165, 1.54) is 5.56 Å². The number of halogens is 1.